The van der Waals surface area contributed by atoms with E-state index in [1.54, 1.807) is 60.7 Å². The van der Waals surface area contributed by atoms with Gasteiger partial charge in [-0.05, 0) is 48.4 Å². The molecule has 0 heterocycles. The van der Waals surface area contributed by atoms with Crippen molar-refractivity contribution in [1.82, 2.24) is 5.32 Å². The summed E-state index contributed by atoms with van der Waals surface area (Å²) in [6, 6.07) is 23.0. The Morgan fingerprint density at radius 1 is 0.933 bits per heavy atom. The number of para-hydroxylation sites is 1. The van der Waals surface area contributed by atoms with Gasteiger partial charge in [0, 0.05) is 11.4 Å². The normalized spacial score (nSPS) is 11.4. The number of benzene rings is 3. The molecule has 0 saturated heterocycles. The van der Waals surface area contributed by atoms with Crippen LogP contribution in [0, 0.1) is 0 Å². The molecule has 30 heavy (non-hydrogen) atoms. The molecule has 3 rings (SSSR count). The molecule has 5 nitrogen and oxygen atoms in total. The predicted molar refractivity (Wildman–Crippen MR) is 116 cm³/mol. The first kappa shape index (κ1) is 21.4. The zero-order valence-electron chi connectivity index (χ0n) is 16.5. The van der Waals surface area contributed by atoms with Gasteiger partial charge in [0.1, 0.15) is 5.75 Å². The lowest BCUT2D eigenvalue weighted by molar-refractivity contribution is 0.0194. The number of methoxy groups -OCH3 is 1. The van der Waals surface area contributed by atoms with E-state index in [1.807, 2.05) is 18.2 Å². The molecule has 1 N–H and O–H groups in total. The Labute approximate surface area is 180 Å². The molecule has 1 atom stereocenters. The average molecular weight is 424 g/mol. The lowest BCUT2D eigenvalue weighted by atomic mass is 10.1. The molecule has 0 unspecified atom stereocenters. The Balaban J connectivity index is 1.74. The average Bonchev–Trinajstić information content (AvgIpc) is 2.79. The monoisotopic (exact) mass is 423 g/mol. The summed E-state index contributed by atoms with van der Waals surface area (Å²) >= 11 is 5.94. The number of aryl methyl sites for hydroxylation is 1. The lowest BCUT2D eigenvalue weighted by Gasteiger charge is -2.20. The molecule has 0 aliphatic carbocycles. The van der Waals surface area contributed by atoms with Crippen molar-refractivity contribution < 1.29 is 19.1 Å². The van der Waals surface area contributed by atoms with Crippen molar-refractivity contribution in [3.05, 3.63) is 101 Å². The van der Waals surface area contributed by atoms with Crippen molar-refractivity contribution in [3.8, 4) is 5.75 Å². The fourth-order valence-electron chi connectivity index (χ4n) is 2.94. The molecule has 154 valence electrons. The zero-order valence-corrected chi connectivity index (χ0v) is 17.3. The number of carbonyl (C=O) groups excluding carboxylic acids is 2. The largest absolute Gasteiger partial charge is 0.496 e. The molecule has 3 aromatic carbocycles. The van der Waals surface area contributed by atoms with Crippen molar-refractivity contribution in [2.24, 2.45) is 0 Å². The first-order valence-electron chi connectivity index (χ1n) is 9.51. The van der Waals surface area contributed by atoms with Gasteiger partial charge in [-0.3, -0.25) is 4.79 Å². The first-order valence-corrected chi connectivity index (χ1v) is 9.89. The molecule has 0 aliphatic heterocycles. The number of halogens is 1. The topological polar surface area (TPSA) is 64.6 Å². The Hall–Kier alpha value is -3.31. The summed E-state index contributed by atoms with van der Waals surface area (Å²) in [6.07, 6.45) is 0.183. The number of esters is 1. The van der Waals surface area contributed by atoms with Gasteiger partial charge in [-0.15, -0.1) is 0 Å². The molecule has 6 heteroatoms. The van der Waals surface area contributed by atoms with Crippen LogP contribution in [-0.2, 0) is 11.2 Å². The van der Waals surface area contributed by atoms with Crippen molar-refractivity contribution in [2.75, 3.05) is 7.11 Å². The van der Waals surface area contributed by atoms with Gasteiger partial charge in [0.25, 0.3) is 5.91 Å². The van der Waals surface area contributed by atoms with Crippen LogP contribution in [0.1, 0.15) is 32.7 Å². The first-order chi connectivity index (χ1) is 14.6. The number of hydrogen-bond donors (Lipinski definition) is 1. The van der Waals surface area contributed by atoms with Crippen LogP contribution >= 0.6 is 11.6 Å². The Kier molecular flexibility index (Phi) is 7.46. The molecule has 0 fully saturated rings. The van der Waals surface area contributed by atoms with Crippen LogP contribution in [-0.4, -0.2) is 25.2 Å². The van der Waals surface area contributed by atoms with Crippen LogP contribution in [0.25, 0.3) is 0 Å². The third kappa shape index (κ3) is 5.84. The van der Waals surface area contributed by atoms with E-state index < -0.39 is 12.2 Å². The second-order valence-electron chi connectivity index (χ2n) is 6.60. The second-order valence-corrected chi connectivity index (χ2v) is 7.04. The van der Waals surface area contributed by atoms with Gasteiger partial charge in [-0.25, -0.2) is 4.79 Å². The number of hydrogen-bond acceptors (Lipinski definition) is 4. The summed E-state index contributed by atoms with van der Waals surface area (Å²) in [4.78, 5) is 25.3. The minimum atomic E-state index is -0.814. The molecular weight excluding hydrogens is 402 g/mol. The summed E-state index contributed by atoms with van der Waals surface area (Å²) < 4.78 is 10.9. The summed E-state index contributed by atoms with van der Waals surface area (Å²) in [7, 11) is 1.50. The van der Waals surface area contributed by atoms with Gasteiger partial charge in [0.05, 0.1) is 18.2 Å². The van der Waals surface area contributed by atoms with Crippen molar-refractivity contribution >= 4 is 23.5 Å². The highest BCUT2D eigenvalue weighted by Gasteiger charge is 2.21. The maximum Gasteiger partial charge on any atom is 0.340 e. The van der Waals surface area contributed by atoms with Gasteiger partial charge >= 0.3 is 5.97 Å². The Morgan fingerprint density at radius 3 is 2.30 bits per heavy atom. The number of amides is 1. The minimum absolute atomic E-state index is 0.368. The SMILES string of the molecule is COc1ccccc1C(=O)N[C@H](CCc1ccc(Cl)cc1)OC(=O)c1ccccc1. The summed E-state index contributed by atoms with van der Waals surface area (Å²) in [6.45, 7) is 0. The molecule has 3 aromatic rings. The second kappa shape index (κ2) is 10.5. The van der Waals surface area contributed by atoms with Crippen LogP contribution in [0.15, 0.2) is 78.9 Å². The molecule has 0 saturated carbocycles. The zero-order chi connectivity index (χ0) is 21.3. The van der Waals surface area contributed by atoms with E-state index in [0.29, 0.717) is 34.7 Å². The predicted octanol–water partition coefficient (Wildman–Crippen LogP) is 4.89. The van der Waals surface area contributed by atoms with Gasteiger partial charge in [0.15, 0.2) is 6.23 Å². The standard InChI is InChI=1S/C24H22ClNO4/c1-29-21-10-6-5-9-20(21)23(27)26-22(16-13-17-11-14-19(25)15-12-17)30-24(28)18-7-3-2-4-8-18/h2-12,14-15,22H,13,16H2,1H3,(H,26,27)/t22-/m0/s1. The van der Waals surface area contributed by atoms with E-state index in [1.165, 1.54) is 7.11 Å². The quantitative estimate of drug-likeness (QED) is 0.413. The molecule has 0 aliphatic rings. The number of ether oxygens (including phenoxy) is 2. The number of carbonyl (C=O) groups is 2. The van der Waals surface area contributed by atoms with Gasteiger partial charge in [0.2, 0.25) is 0 Å². The highest BCUT2D eigenvalue weighted by atomic mass is 35.5. The van der Waals surface area contributed by atoms with E-state index in [9.17, 15) is 9.59 Å². The van der Waals surface area contributed by atoms with E-state index in [2.05, 4.69) is 5.32 Å². The highest BCUT2D eigenvalue weighted by molar-refractivity contribution is 6.30. The molecule has 0 radical (unpaired) electrons. The van der Waals surface area contributed by atoms with E-state index in [0.717, 1.165) is 5.56 Å². The van der Waals surface area contributed by atoms with Crippen LogP contribution < -0.4 is 10.1 Å². The van der Waals surface area contributed by atoms with Crippen LogP contribution in [0.5, 0.6) is 5.75 Å². The maximum absolute atomic E-state index is 12.8. The van der Waals surface area contributed by atoms with E-state index in [4.69, 9.17) is 21.1 Å². The van der Waals surface area contributed by atoms with Gasteiger partial charge in [-0.2, -0.15) is 0 Å². The Bertz CT molecular complexity index is 990. The summed E-state index contributed by atoms with van der Waals surface area (Å²) in [5.74, 6) is -0.438. The summed E-state index contributed by atoms with van der Waals surface area (Å²) in [5, 5.41) is 3.45. The molecule has 0 bridgehead atoms. The van der Waals surface area contributed by atoms with E-state index >= 15 is 0 Å². The third-order valence-electron chi connectivity index (χ3n) is 4.51. The molecule has 1 amide bonds. The fourth-order valence-corrected chi connectivity index (χ4v) is 3.06. The minimum Gasteiger partial charge on any atom is -0.496 e. The van der Waals surface area contributed by atoms with Crippen LogP contribution in [0.2, 0.25) is 5.02 Å². The Morgan fingerprint density at radius 2 is 1.60 bits per heavy atom. The molecule has 0 spiro atoms. The van der Waals surface area contributed by atoms with Gasteiger partial charge < -0.3 is 14.8 Å². The molecule has 0 aromatic heterocycles. The van der Waals surface area contributed by atoms with Crippen molar-refractivity contribution in [3.63, 3.8) is 0 Å². The van der Waals surface area contributed by atoms with Gasteiger partial charge in [-0.1, -0.05) is 54.1 Å². The van der Waals surface area contributed by atoms with Crippen molar-refractivity contribution in [2.45, 2.75) is 19.1 Å². The van der Waals surface area contributed by atoms with E-state index in [-0.39, 0.29) is 5.91 Å². The summed E-state index contributed by atoms with van der Waals surface area (Å²) in [5.41, 5.74) is 1.81. The fraction of sp³-hybridized carbons (Fsp3) is 0.167. The third-order valence-corrected chi connectivity index (χ3v) is 4.76. The maximum atomic E-state index is 12.8. The molecular formula is C24H22ClNO4. The lowest BCUT2D eigenvalue weighted by Crippen LogP contribution is -2.39. The highest BCUT2D eigenvalue weighted by Crippen LogP contribution is 2.18. The van der Waals surface area contributed by atoms with Crippen LogP contribution in [0.3, 0.4) is 0 Å². The van der Waals surface area contributed by atoms with Crippen molar-refractivity contribution in [1.29, 1.82) is 0 Å². The number of nitrogens with one attached hydrogen (secondary N) is 1. The van der Waals surface area contributed by atoms with Crippen LogP contribution in [0.4, 0.5) is 0 Å². The number of rotatable bonds is 8. The smallest absolute Gasteiger partial charge is 0.340 e.